The highest BCUT2D eigenvalue weighted by molar-refractivity contribution is 5.97. The Morgan fingerprint density at radius 3 is 2.52 bits per heavy atom. The predicted molar refractivity (Wildman–Crippen MR) is 85.4 cm³/mol. The average molecular weight is 314 g/mol. The Morgan fingerprint density at radius 2 is 1.96 bits per heavy atom. The van der Waals surface area contributed by atoms with Gasteiger partial charge in [-0.2, -0.15) is 0 Å². The molecule has 6 nitrogen and oxygen atoms in total. The first-order valence-electron chi connectivity index (χ1n) is 7.20. The molecule has 2 aromatic rings. The largest absolute Gasteiger partial charge is 0.497 e. The van der Waals surface area contributed by atoms with Gasteiger partial charge in [0.25, 0.3) is 5.91 Å². The Balaban J connectivity index is 1.99. The van der Waals surface area contributed by atoms with Gasteiger partial charge in [-0.15, -0.1) is 0 Å². The van der Waals surface area contributed by atoms with E-state index in [1.807, 2.05) is 0 Å². The van der Waals surface area contributed by atoms with Crippen LogP contribution in [0.1, 0.15) is 23.7 Å². The normalized spacial score (nSPS) is 11.4. The molecule has 1 N–H and O–H groups in total. The van der Waals surface area contributed by atoms with Crippen LogP contribution in [0, 0.1) is 0 Å². The number of ether oxygens (including phenoxy) is 2. The van der Waals surface area contributed by atoms with E-state index in [1.54, 1.807) is 56.6 Å². The first kappa shape index (κ1) is 16.5. The van der Waals surface area contributed by atoms with Crippen molar-refractivity contribution in [1.29, 1.82) is 0 Å². The molecule has 0 aliphatic rings. The van der Waals surface area contributed by atoms with Crippen molar-refractivity contribution in [2.24, 2.45) is 0 Å². The Bertz CT molecular complexity index is 656. The van der Waals surface area contributed by atoms with Gasteiger partial charge in [0.15, 0.2) is 6.10 Å². The molecule has 2 rings (SSSR count). The summed E-state index contributed by atoms with van der Waals surface area (Å²) in [5, 5.41) is 2.71. The summed E-state index contributed by atoms with van der Waals surface area (Å²) in [6, 6.07) is 10.1. The summed E-state index contributed by atoms with van der Waals surface area (Å²) in [6.07, 6.45) is 2.46. The first-order valence-corrected chi connectivity index (χ1v) is 7.20. The number of carbonyl (C=O) groups excluding carboxylic acids is 2. The number of carbonyl (C=O) groups is 2. The molecular formula is C17H18N2O4. The standard InChI is InChI=1S/C17H18N2O4/c1-3-15(23-17(21)12-5-4-10-18-11-12)16(20)19-13-6-8-14(22-2)9-7-13/h4-11,15H,3H2,1-2H3,(H,19,20). The molecule has 120 valence electrons. The molecule has 0 spiro atoms. The van der Waals surface area contributed by atoms with Gasteiger partial charge in [0, 0.05) is 18.1 Å². The molecule has 1 aromatic carbocycles. The fourth-order valence-electron chi connectivity index (χ4n) is 1.90. The fraction of sp³-hybridized carbons (Fsp3) is 0.235. The average Bonchev–Trinajstić information content (AvgIpc) is 2.60. The molecule has 0 radical (unpaired) electrons. The van der Waals surface area contributed by atoms with Crippen LogP contribution in [0.5, 0.6) is 5.75 Å². The van der Waals surface area contributed by atoms with Gasteiger partial charge in [-0.1, -0.05) is 6.92 Å². The molecular weight excluding hydrogens is 296 g/mol. The van der Waals surface area contributed by atoms with Gasteiger partial charge in [0.1, 0.15) is 5.75 Å². The van der Waals surface area contributed by atoms with Crippen LogP contribution in [-0.4, -0.2) is 30.1 Å². The summed E-state index contributed by atoms with van der Waals surface area (Å²) >= 11 is 0. The van der Waals surface area contributed by atoms with E-state index in [0.717, 1.165) is 0 Å². The zero-order valence-electron chi connectivity index (χ0n) is 13.0. The highest BCUT2D eigenvalue weighted by atomic mass is 16.5. The van der Waals surface area contributed by atoms with Crippen molar-refractivity contribution in [2.45, 2.75) is 19.4 Å². The third-order valence-electron chi connectivity index (χ3n) is 3.17. The lowest BCUT2D eigenvalue weighted by molar-refractivity contribution is -0.124. The number of amides is 1. The molecule has 0 saturated heterocycles. The van der Waals surface area contributed by atoms with Crippen molar-refractivity contribution < 1.29 is 19.1 Å². The van der Waals surface area contributed by atoms with Crippen LogP contribution in [0.15, 0.2) is 48.8 Å². The van der Waals surface area contributed by atoms with Gasteiger partial charge >= 0.3 is 5.97 Å². The molecule has 0 aliphatic heterocycles. The van der Waals surface area contributed by atoms with E-state index in [0.29, 0.717) is 23.4 Å². The predicted octanol–water partition coefficient (Wildman–Crippen LogP) is 2.66. The van der Waals surface area contributed by atoms with Crippen molar-refractivity contribution in [3.8, 4) is 5.75 Å². The van der Waals surface area contributed by atoms with Crippen molar-refractivity contribution in [3.63, 3.8) is 0 Å². The lowest BCUT2D eigenvalue weighted by atomic mass is 10.2. The monoisotopic (exact) mass is 314 g/mol. The van der Waals surface area contributed by atoms with Gasteiger partial charge < -0.3 is 14.8 Å². The Morgan fingerprint density at radius 1 is 1.22 bits per heavy atom. The fourth-order valence-corrected chi connectivity index (χ4v) is 1.90. The van der Waals surface area contributed by atoms with Crippen LogP contribution in [0.2, 0.25) is 0 Å². The zero-order chi connectivity index (χ0) is 16.7. The molecule has 0 fully saturated rings. The zero-order valence-corrected chi connectivity index (χ0v) is 13.0. The number of hydrogen-bond donors (Lipinski definition) is 1. The van der Waals surface area contributed by atoms with Gasteiger partial charge in [-0.25, -0.2) is 4.79 Å². The van der Waals surface area contributed by atoms with Gasteiger partial charge in [-0.05, 0) is 42.8 Å². The summed E-state index contributed by atoms with van der Waals surface area (Å²) in [6.45, 7) is 1.77. The molecule has 6 heteroatoms. The van der Waals surface area contributed by atoms with E-state index < -0.39 is 12.1 Å². The van der Waals surface area contributed by atoms with E-state index in [-0.39, 0.29) is 5.91 Å². The highest BCUT2D eigenvalue weighted by Gasteiger charge is 2.22. The summed E-state index contributed by atoms with van der Waals surface area (Å²) in [5.41, 5.74) is 0.912. The SMILES string of the molecule is CCC(OC(=O)c1cccnc1)C(=O)Nc1ccc(OC)cc1. The molecule has 0 aliphatic carbocycles. The van der Waals surface area contributed by atoms with Crippen LogP contribution < -0.4 is 10.1 Å². The first-order chi connectivity index (χ1) is 11.1. The second-order valence-corrected chi connectivity index (χ2v) is 4.76. The lowest BCUT2D eigenvalue weighted by Gasteiger charge is -2.16. The lowest BCUT2D eigenvalue weighted by Crippen LogP contribution is -2.32. The number of benzene rings is 1. The second-order valence-electron chi connectivity index (χ2n) is 4.76. The molecule has 1 aromatic heterocycles. The summed E-state index contributed by atoms with van der Waals surface area (Å²) in [5.74, 6) is -0.261. The number of nitrogens with one attached hydrogen (secondary N) is 1. The van der Waals surface area contributed by atoms with E-state index in [4.69, 9.17) is 9.47 Å². The number of nitrogens with zero attached hydrogens (tertiary/aromatic N) is 1. The topological polar surface area (TPSA) is 77.5 Å². The van der Waals surface area contributed by atoms with Gasteiger partial charge in [0.2, 0.25) is 0 Å². The maximum absolute atomic E-state index is 12.2. The van der Waals surface area contributed by atoms with Crippen LogP contribution in [0.4, 0.5) is 5.69 Å². The summed E-state index contributed by atoms with van der Waals surface area (Å²) < 4.78 is 10.3. The summed E-state index contributed by atoms with van der Waals surface area (Å²) in [4.78, 5) is 28.1. The molecule has 0 saturated carbocycles. The van der Waals surface area contributed by atoms with Crippen molar-refractivity contribution >= 4 is 17.6 Å². The number of hydrogen-bond acceptors (Lipinski definition) is 5. The number of methoxy groups -OCH3 is 1. The molecule has 1 amide bonds. The quantitative estimate of drug-likeness (QED) is 0.829. The molecule has 1 unspecified atom stereocenters. The molecule has 1 atom stereocenters. The van der Waals surface area contributed by atoms with Gasteiger partial charge in [-0.3, -0.25) is 9.78 Å². The summed E-state index contributed by atoms with van der Waals surface area (Å²) in [7, 11) is 1.57. The molecule has 1 heterocycles. The number of pyridine rings is 1. The minimum atomic E-state index is -0.871. The number of esters is 1. The van der Waals surface area contributed by atoms with E-state index in [2.05, 4.69) is 10.3 Å². The van der Waals surface area contributed by atoms with Crippen molar-refractivity contribution in [1.82, 2.24) is 4.98 Å². The number of rotatable bonds is 6. The minimum absolute atomic E-state index is 0.309. The van der Waals surface area contributed by atoms with E-state index in [9.17, 15) is 9.59 Å². The molecule has 23 heavy (non-hydrogen) atoms. The second kappa shape index (κ2) is 7.93. The van der Waals surface area contributed by atoms with Crippen molar-refractivity contribution in [2.75, 3.05) is 12.4 Å². The Labute approximate surface area is 134 Å². The number of aromatic nitrogens is 1. The maximum atomic E-state index is 12.2. The Kier molecular flexibility index (Phi) is 5.68. The van der Waals surface area contributed by atoms with Crippen molar-refractivity contribution in [3.05, 3.63) is 54.4 Å². The van der Waals surface area contributed by atoms with Crippen LogP contribution in [-0.2, 0) is 9.53 Å². The molecule has 0 bridgehead atoms. The minimum Gasteiger partial charge on any atom is -0.497 e. The highest BCUT2D eigenvalue weighted by Crippen LogP contribution is 2.16. The van der Waals surface area contributed by atoms with Crippen LogP contribution in [0.3, 0.4) is 0 Å². The van der Waals surface area contributed by atoms with E-state index >= 15 is 0 Å². The maximum Gasteiger partial charge on any atom is 0.340 e. The third-order valence-corrected chi connectivity index (χ3v) is 3.17. The smallest absolute Gasteiger partial charge is 0.340 e. The Hall–Kier alpha value is -2.89. The number of anilines is 1. The van der Waals surface area contributed by atoms with E-state index in [1.165, 1.54) is 6.20 Å². The third kappa shape index (κ3) is 4.54. The van der Waals surface area contributed by atoms with Crippen LogP contribution in [0.25, 0.3) is 0 Å². The van der Waals surface area contributed by atoms with Crippen LogP contribution >= 0.6 is 0 Å². The van der Waals surface area contributed by atoms with Gasteiger partial charge in [0.05, 0.1) is 12.7 Å².